The van der Waals surface area contributed by atoms with Crippen LogP contribution in [0.3, 0.4) is 0 Å². The molecule has 2 heterocycles. The number of fused-ring (bicyclic) bond motifs is 1. The van der Waals surface area contributed by atoms with Crippen LogP contribution < -0.4 is 10.5 Å². The molecule has 0 amide bonds. The molecular weight excluding hydrogens is 262 g/mol. The third kappa shape index (κ3) is 2.13. The standard InChI is InChI=1S/C13H15N3O2S/c14-5-10-6-15-13(19)16(10)9-3-8-4-11(17)1-2-12(8)18-7-9/h1-2,4,6,9,17H,3,5,7,14H2,(H,15,19). The lowest BCUT2D eigenvalue weighted by molar-refractivity contribution is 0.220. The van der Waals surface area contributed by atoms with Gasteiger partial charge in [0.15, 0.2) is 4.77 Å². The SMILES string of the molecule is NCc1c[nH]c(=S)n1C1COc2ccc(O)cc2C1. The molecule has 0 fully saturated rings. The molecule has 6 heteroatoms. The third-order valence-electron chi connectivity index (χ3n) is 3.40. The van der Waals surface area contributed by atoms with Crippen LogP contribution in [0.4, 0.5) is 0 Å². The molecule has 100 valence electrons. The number of hydrogen-bond acceptors (Lipinski definition) is 4. The molecule has 2 aromatic rings. The summed E-state index contributed by atoms with van der Waals surface area (Å²) >= 11 is 5.29. The number of ether oxygens (including phenoxy) is 1. The van der Waals surface area contributed by atoms with Crippen molar-refractivity contribution in [3.63, 3.8) is 0 Å². The molecule has 19 heavy (non-hydrogen) atoms. The van der Waals surface area contributed by atoms with E-state index in [4.69, 9.17) is 22.7 Å². The zero-order valence-electron chi connectivity index (χ0n) is 10.3. The maximum absolute atomic E-state index is 9.55. The van der Waals surface area contributed by atoms with Crippen molar-refractivity contribution in [2.24, 2.45) is 5.73 Å². The number of rotatable bonds is 2. The van der Waals surface area contributed by atoms with Crippen LogP contribution in [0.5, 0.6) is 11.5 Å². The number of aromatic hydroxyl groups is 1. The van der Waals surface area contributed by atoms with Gasteiger partial charge in [-0.15, -0.1) is 0 Å². The fraction of sp³-hybridized carbons (Fsp3) is 0.308. The molecule has 5 nitrogen and oxygen atoms in total. The van der Waals surface area contributed by atoms with Crippen LogP contribution in [0, 0.1) is 4.77 Å². The Labute approximate surface area is 115 Å². The number of benzene rings is 1. The zero-order valence-corrected chi connectivity index (χ0v) is 11.1. The summed E-state index contributed by atoms with van der Waals surface area (Å²) in [4.78, 5) is 3.01. The Morgan fingerprint density at radius 1 is 1.53 bits per heavy atom. The van der Waals surface area contributed by atoms with Gasteiger partial charge in [-0.2, -0.15) is 0 Å². The first-order valence-corrected chi connectivity index (χ1v) is 6.53. The molecule has 0 bridgehead atoms. The van der Waals surface area contributed by atoms with Crippen LogP contribution in [0.2, 0.25) is 0 Å². The quantitative estimate of drug-likeness (QED) is 0.733. The van der Waals surface area contributed by atoms with Gasteiger partial charge >= 0.3 is 0 Å². The first kappa shape index (κ1) is 12.3. The topological polar surface area (TPSA) is 76.2 Å². The minimum atomic E-state index is 0.103. The van der Waals surface area contributed by atoms with Crippen molar-refractivity contribution in [2.75, 3.05) is 6.61 Å². The number of nitrogens with two attached hydrogens (primary N) is 1. The summed E-state index contributed by atoms with van der Waals surface area (Å²) in [6.45, 7) is 0.980. The third-order valence-corrected chi connectivity index (χ3v) is 3.71. The summed E-state index contributed by atoms with van der Waals surface area (Å²) in [6, 6.07) is 5.26. The van der Waals surface area contributed by atoms with Crippen LogP contribution in [0.25, 0.3) is 0 Å². The number of H-pyrrole nitrogens is 1. The molecule has 0 radical (unpaired) electrons. The fourth-order valence-corrected chi connectivity index (χ4v) is 2.83. The summed E-state index contributed by atoms with van der Waals surface area (Å²) in [6.07, 6.45) is 2.60. The molecule has 1 aromatic carbocycles. The van der Waals surface area contributed by atoms with Gasteiger partial charge in [-0.05, 0) is 36.0 Å². The van der Waals surface area contributed by atoms with Crippen LogP contribution in [0.15, 0.2) is 24.4 Å². The smallest absolute Gasteiger partial charge is 0.177 e. The van der Waals surface area contributed by atoms with E-state index in [2.05, 4.69) is 4.98 Å². The Bertz CT molecular complexity index is 662. The number of imidazole rings is 1. The van der Waals surface area contributed by atoms with E-state index < -0.39 is 0 Å². The molecule has 1 unspecified atom stereocenters. The van der Waals surface area contributed by atoms with E-state index in [9.17, 15) is 5.11 Å². The van der Waals surface area contributed by atoms with Gasteiger partial charge in [0, 0.05) is 19.2 Å². The highest BCUT2D eigenvalue weighted by atomic mass is 32.1. The van der Waals surface area contributed by atoms with Crippen molar-refractivity contribution in [1.82, 2.24) is 9.55 Å². The molecular formula is C13H15N3O2S. The predicted octanol–water partition coefficient (Wildman–Crippen LogP) is 1.89. The van der Waals surface area contributed by atoms with E-state index in [0.29, 0.717) is 17.9 Å². The number of nitrogens with zero attached hydrogens (tertiary/aromatic N) is 1. The van der Waals surface area contributed by atoms with Gasteiger partial charge in [-0.25, -0.2) is 0 Å². The Hall–Kier alpha value is -1.79. The number of aromatic nitrogens is 2. The summed E-state index contributed by atoms with van der Waals surface area (Å²) in [5.41, 5.74) is 7.67. The van der Waals surface area contributed by atoms with Crippen LogP contribution in [-0.2, 0) is 13.0 Å². The second-order valence-electron chi connectivity index (χ2n) is 4.62. The second kappa shape index (κ2) is 4.71. The Kier molecular flexibility index (Phi) is 3.04. The number of nitrogens with one attached hydrogen (secondary N) is 1. The largest absolute Gasteiger partial charge is 0.508 e. The van der Waals surface area contributed by atoms with Crippen molar-refractivity contribution in [1.29, 1.82) is 0 Å². The van der Waals surface area contributed by atoms with Crippen molar-refractivity contribution >= 4 is 12.2 Å². The average molecular weight is 277 g/mol. The zero-order chi connectivity index (χ0) is 13.4. The normalized spacial score (nSPS) is 17.8. The molecule has 1 aliphatic heterocycles. The minimum absolute atomic E-state index is 0.103. The highest BCUT2D eigenvalue weighted by molar-refractivity contribution is 7.71. The maximum Gasteiger partial charge on any atom is 0.177 e. The fourth-order valence-electron chi connectivity index (χ4n) is 2.50. The minimum Gasteiger partial charge on any atom is -0.508 e. The summed E-state index contributed by atoms with van der Waals surface area (Å²) in [7, 11) is 0. The summed E-state index contributed by atoms with van der Waals surface area (Å²) in [5, 5.41) is 9.55. The first-order chi connectivity index (χ1) is 9.19. The lowest BCUT2D eigenvalue weighted by Gasteiger charge is -2.27. The monoisotopic (exact) mass is 277 g/mol. The Balaban J connectivity index is 1.97. The van der Waals surface area contributed by atoms with Gasteiger partial charge in [0.05, 0.1) is 11.7 Å². The van der Waals surface area contributed by atoms with Crippen LogP contribution in [-0.4, -0.2) is 21.3 Å². The highest BCUT2D eigenvalue weighted by Crippen LogP contribution is 2.32. The van der Waals surface area contributed by atoms with Crippen molar-refractivity contribution in [3.8, 4) is 11.5 Å². The first-order valence-electron chi connectivity index (χ1n) is 6.12. The van der Waals surface area contributed by atoms with Gasteiger partial charge in [-0.1, -0.05) is 0 Å². The van der Waals surface area contributed by atoms with E-state index in [1.165, 1.54) is 0 Å². The van der Waals surface area contributed by atoms with Gasteiger partial charge in [0.2, 0.25) is 0 Å². The molecule has 1 atom stereocenters. The number of hydrogen-bond donors (Lipinski definition) is 3. The van der Waals surface area contributed by atoms with Gasteiger partial charge in [-0.3, -0.25) is 0 Å². The Morgan fingerprint density at radius 3 is 3.16 bits per heavy atom. The van der Waals surface area contributed by atoms with Crippen LogP contribution in [0.1, 0.15) is 17.3 Å². The highest BCUT2D eigenvalue weighted by Gasteiger charge is 2.23. The number of aromatic amines is 1. The Morgan fingerprint density at radius 2 is 2.37 bits per heavy atom. The molecule has 0 aliphatic carbocycles. The number of phenols is 1. The molecule has 3 rings (SSSR count). The molecule has 0 saturated carbocycles. The van der Waals surface area contributed by atoms with Crippen molar-refractivity contribution in [3.05, 3.63) is 40.4 Å². The van der Waals surface area contributed by atoms with E-state index in [1.54, 1.807) is 18.2 Å². The molecule has 0 saturated heterocycles. The lowest BCUT2D eigenvalue weighted by atomic mass is 10.0. The van der Waals surface area contributed by atoms with Crippen LogP contribution >= 0.6 is 12.2 Å². The van der Waals surface area contributed by atoms with E-state index in [0.717, 1.165) is 23.4 Å². The lowest BCUT2D eigenvalue weighted by Crippen LogP contribution is -2.26. The van der Waals surface area contributed by atoms with Crippen molar-refractivity contribution < 1.29 is 9.84 Å². The van der Waals surface area contributed by atoms with E-state index in [-0.39, 0.29) is 11.8 Å². The van der Waals surface area contributed by atoms with Gasteiger partial charge < -0.3 is 25.1 Å². The summed E-state index contributed by atoms with van der Waals surface area (Å²) in [5.74, 6) is 1.07. The predicted molar refractivity (Wildman–Crippen MR) is 73.9 cm³/mol. The second-order valence-corrected chi connectivity index (χ2v) is 5.01. The average Bonchev–Trinajstić information content (AvgIpc) is 2.79. The molecule has 1 aliphatic rings. The summed E-state index contributed by atoms with van der Waals surface area (Å²) < 4.78 is 8.39. The van der Waals surface area contributed by atoms with Gasteiger partial charge in [0.1, 0.15) is 18.1 Å². The van der Waals surface area contributed by atoms with Gasteiger partial charge in [0.25, 0.3) is 0 Å². The van der Waals surface area contributed by atoms with E-state index in [1.807, 2.05) is 10.8 Å². The van der Waals surface area contributed by atoms with E-state index >= 15 is 0 Å². The number of phenolic OH excluding ortho intramolecular Hbond substituents is 1. The maximum atomic E-state index is 9.55. The molecule has 1 aromatic heterocycles. The molecule has 4 N–H and O–H groups in total. The molecule has 0 spiro atoms. The van der Waals surface area contributed by atoms with Crippen molar-refractivity contribution in [2.45, 2.75) is 19.0 Å².